The van der Waals surface area contributed by atoms with Crippen molar-refractivity contribution in [2.75, 3.05) is 13.2 Å². The molecule has 5 nitrogen and oxygen atoms in total. The van der Waals surface area contributed by atoms with Crippen LogP contribution in [0.1, 0.15) is 13.3 Å². The minimum atomic E-state index is -3.51. The van der Waals surface area contributed by atoms with Crippen molar-refractivity contribution < 1.29 is 17.9 Å². The first kappa shape index (κ1) is 14.0. The van der Waals surface area contributed by atoms with Gasteiger partial charge in [-0.1, -0.05) is 25.1 Å². The first-order valence-corrected chi connectivity index (χ1v) is 7.70. The number of rotatable bonds is 6. The highest BCUT2D eigenvalue weighted by atomic mass is 32.2. The highest BCUT2D eigenvalue weighted by molar-refractivity contribution is 7.89. The first-order chi connectivity index (χ1) is 9.00. The number of benzene rings is 1. The van der Waals surface area contributed by atoms with Gasteiger partial charge in [-0.2, -0.15) is 0 Å². The molecule has 1 saturated carbocycles. The molecule has 104 valence electrons. The molecule has 0 unspecified atom stereocenters. The van der Waals surface area contributed by atoms with Gasteiger partial charge < -0.3 is 4.74 Å². The van der Waals surface area contributed by atoms with E-state index in [2.05, 4.69) is 4.72 Å². The summed E-state index contributed by atoms with van der Waals surface area (Å²) in [6, 6.07) is 8.09. The van der Waals surface area contributed by atoms with Crippen LogP contribution < -0.4 is 4.72 Å². The zero-order valence-electron chi connectivity index (χ0n) is 10.7. The molecule has 0 aliphatic heterocycles. The normalized spacial score (nSPS) is 21.9. The van der Waals surface area contributed by atoms with E-state index < -0.39 is 10.0 Å². The van der Waals surface area contributed by atoms with Crippen LogP contribution >= 0.6 is 0 Å². The molecule has 2 rings (SSSR count). The fourth-order valence-electron chi connectivity index (χ4n) is 1.77. The molecule has 1 fully saturated rings. The van der Waals surface area contributed by atoms with Crippen LogP contribution in [-0.4, -0.2) is 27.5 Å². The number of hydrogen-bond acceptors (Lipinski definition) is 4. The molecule has 0 saturated heterocycles. The van der Waals surface area contributed by atoms with Gasteiger partial charge in [0.1, 0.15) is 6.61 Å². The molecule has 19 heavy (non-hydrogen) atoms. The number of nitrogens with one attached hydrogen (secondary N) is 1. The Morgan fingerprint density at radius 2 is 2.00 bits per heavy atom. The lowest BCUT2D eigenvalue weighted by atomic mass is 10.3. The van der Waals surface area contributed by atoms with Crippen molar-refractivity contribution in [1.82, 2.24) is 4.72 Å². The molecule has 0 radical (unpaired) electrons. The van der Waals surface area contributed by atoms with Crippen LogP contribution in [0.2, 0.25) is 0 Å². The highest BCUT2D eigenvalue weighted by Crippen LogP contribution is 2.38. The molecular weight excluding hydrogens is 266 g/mol. The molecule has 1 aromatic carbocycles. The summed E-state index contributed by atoms with van der Waals surface area (Å²) in [6.45, 7) is 2.14. The molecule has 0 bridgehead atoms. The average Bonchev–Trinajstić information content (AvgIpc) is 3.13. The Labute approximate surface area is 113 Å². The maximum atomic E-state index is 11.8. The van der Waals surface area contributed by atoms with E-state index in [0.717, 1.165) is 6.42 Å². The monoisotopic (exact) mass is 283 g/mol. The molecular formula is C13H17NO4S. The van der Waals surface area contributed by atoms with Gasteiger partial charge in [0.05, 0.1) is 10.8 Å². The van der Waals surface area contributed by atoms with Gasteiger partial charge in [-0.25, -0.2) is 13.1 Å². The number of sulfonamides is 1. The van der Waals surface area contributed by atoms with E-state index in [1.54, 1.807) is 18.2 Å². The van der Waals surface area contributed by atoms with Crippen molar-refractivity contribution in [3.8, 4) is 0 Å². The van der Waals surface area contributed by atoms with Crippen molar-refractivity contribution in [3.63, 3.8) is 0 Å². The van der Waals surface area contributed by atoms with E-state index in [4.69, 9.17) is 4.74 Å². The molecule has 0 amide bonds. The molecule has 0 heterocycles. The quantitative estimate of drug-likeness (QED) is 0.628. The van der Waals surface area contributed by atoms with Crippen LogP contribution in [0.3, 0.4) is 0 Å². The van der Waals surface area contributed by atoms with Gasteiger partial charge in [-0.05, 0) is 24.5 Å². The Kier molecular flexibility index (Phi) is 4.21. The van der Waals surface area contributed by atoms with Crippen LogP contribution in [0.5, 0.6) is 0 Å². The number of hydrogen-bond donors (Lipinski definition) is 1. The lowest BCUT2D eigenvalue weighted by Gasteiger charge is -2.07. The summed E-state index contributed by atoms with van der Waals surface area (Å²) in [5.41, 5.74) is 0. The second-order valence-corrected chi connectivity index (χ2v) is 6.46. The topological polar surface area (TPSA) is 72.5 Å². The number of ether oxygens (including phenoxy) is 1. The molecule has 1 aromatic rings. The number of esters is 1. The Balaban J connectivity index is 1.75. The van der Waals surface area contributed by atoms with Crippen LogP contribution in [0.4, 0.5) is 0 Å². The van der Waals surface area contributed by atoms with Crippen molar-refractivity contribution in [3.05, 3.63) is 30.3 Å². The second kappa shape index (κ2) is 5.71. The van der Waals surface area contributed by atoms with Gasteiger partial charge in [0.15, 0.2) is 0 Å². The van der Waals surface area contributed by atoms with Gasteiger partial charge in [0, 0.05) is 6.54 Å². The minimum absolute atomic E-state index is 0.00531. The fourth-order valence-corrected chi connectivity index (χ4v) is 2.80. The molecule has 1 N–H and O–H groups in total. The Hall–Kier alpha value is -1.40. The summed E-state index contributed by atoms with van der Waals surface area (Å²) < 4.78 is 31.0. The zero-order valence-corrected chi connectivity index (χ0v) is 11.5. The van der Waals surface area contributed by atoms with Crippen molar-refractivity contribution in [2.45, 2.75) is 18.2 Å². The van der Waals surface area contributed by atoms with E-state index in [-0.39, 0.29) is 29.9 Å². The highest BCUT2D eigenvalue weighted by Gasteiger charge is 2.40. The lowest BCUT2D eigenvalue weighted by molar-refractivity contribution is -0.145. The lowest BCUT2D eigenvalue weighted by Crippen LogP contribution is -2.28. The summed E-state index contributed by atoms with van der Waals surface area (Å²) in [7, 11) is -3.51. The fraction of sp³-hybridized carbons (Fsp3) is 0.462. The van der Waals surface area contributed by atoms with Gasteiger partial charge in [0.2, 0.25) is 10.0 Å². The maximum absolute atomic E-state index is 11.8. The van der Waals surface area contributed by atoms with Gasteiger partial charge in [-0.3, -0.25) is 4.79 Å². The third kappa shape index (κ3) is 3.78. The van der Waals surface area contributed by atoms with E-state index in [1.165, 1.54) is 12.1 Å². The van der Waals surface area contributed by atoms with E-state index in [9.17, 15) is 13.2 Å². The summed E-state index contributed by atoms with van der Waals surface area (Å²) in [5.74, 6) is 0.172. The molecule has 0 aromatic heterocycles. The minimum Gasteiger partial charge on any atom is -0.464 e. The Morgan fingerprint density at radius 3 is 2.58 bits per heavy atom. The van der Waals surface area contributed by atoms with Crippen LogP contribution in [0, 0.1) is 11.8 Å². The van der Waals surface area contributed by atoms with Gasteiger partial charge in [0.25, 0.3) is 0 Å². The Morgan fingerprint density at radius 1 is 1.37 bits per heavy atom. The third-order valence-electron chi connectivity index (χ3n) is 3.10. The number of carbonyl (C=O) groups is 1. The molecule has 1 aliphatic carbocycles. The van der Waals surface area contributed by atoms with Crippen LogP contribution in [-0.2, 0) is 19.6 Å². The third-order valence-corrected chi connectivity index (χ3v) is 4.58. The molecule has 6 heteroatoms. The van der Waals surface area contributed by atoms with Crippen LogP contribution in [0.25, 0.3) is 0 Å². The SMILES string of the molecule is C[C@H]1C[C@H]1C(=O)OCCNS(=O)(=O)c1ccccc1. The summed E-state index contributed by atoms with van der Waals surface area (Å²) in [5, 5.41) is 0. The van der Waals surface area contributed by atoms with E-state index in [1.807, 2.05) is 6.92 Å². The summed E-state index contributed by atoms with van der Waals surface area (Å²) in [6.07, 6.45) is 0.870. The summed E-state index contributed by atoms with van der Waals surface area (Å²) >= 11 is 0. The van der Waals surface area contributed by atoms with E-state index in [0.29, 0.717) is 5.92 Å². The predicted octanol–water partition coefficient (Wildman–Crippen LogP) is 1.16. The van der Waals surface area contributed by atoms with Crippen molar-refractivity contribution in [1.29, 1.82) is 0 Å². The number of carbonyl (C=O) groups excluding carboxylic acids is 1. The zero-order chi connectivity index (χ0) is 13.9. The van der Waals surface area contributed by atoms with E-state index >= 15 is 0 Å². The standard InChI is InChI=1S/C13H17NO4S/c1-10-9-12(10)13(15)18-8-7-14-19(16,17)11-5-3-2-4-6-11/h2-6,10,12,14H,7-9H2,1H3/t10-,12+/m0/s1. The summed E-state index contributed by atoms with van der Waals surface area (Å²) in [4.78, 5) is 11.6. The average molecular weight is 283 g/mol. The molecule has 1 aliphatic rings. The maximum Gasteiger partial charge on any atom is 0.309 e. The largest absolute Gasteiger partial charge is 0.464 e. The first-order valence-electron chi connectivity index (χ1n) is 6.22. The van der Waals surface area contributed by atoms with Gasteiger partial charge >= 0.3 is 5.97 Å². The Bertz CT molecular complexity index is 541. The molecule has 2 atom stereocenters. The second-order valence-electron chi connectivity index (χ2n) is 4.70. The van der Waals surface area contributed by atoms with Crippen LogP contribution in [0.15, 0.2) is 35.2 Å². The van der Waals surface area contributed by atoms with Gasteiger partial charge in [-0.15, -0.1) is 0 Å². The van der Waals surface area contributed by atoms with Crippen molar-refractivity contribution in [2.24, 2.45) is 11.8 Å². The van der Waals surface area contributed by atoms with Crippen molar-refractivity contribution >= 4 is 16.0 Å². The smallest absolute Gasteiger partial charge is 0.309 e. The predicted molar refractivity (Wildman–Crippen MR) is 69.9 cm³/mol. The molecule has 0 spiro atoms.